The molecule has 8 heteroatoms. The van der Waals surface area contributed by atoms with Crippen LogP contribution >= 0.6 is 0 Å². The molecule has 1 N–H and O–H groups in total. The maximum atomic E-state index is 12.1. The first-order valence-electron chi connectivity index (χ1n) is 7.44. The van der Waals surface area contributed by atoms with Crippen LogP contribution in [0.25, 0.3) is 0 Å². The van der Waals surface area contributed by atoms with Gasteiger partial charge >= 0.3 is 12.1 Å². The van der Waals surface area contributed by atoms with E-state index in [1.807, 2.05) is 0 Å². The number of hydrogen-bond donors (Lipinski definition) is 1. The molecule has 1 atom stereocenters. The highest BCUT2D eigenvalue weighted by Crippen LogP contribution is 2.17. The SMILES string of the molecule is COCCNC(=O)[C@@H]1COC(=O)N1Cc1ccc(C(=O)OC)cc1. The van der Waals surface area contributed by atoms with Gasteiger partial charge in [-0.05, 0) is 17.7 Å². The summed E-state index contributed by atoms with van der Waals surface area (Å²) in [6, 6.07) is 5.94. The molecule has 1 saturated heterocycles. The van der Waals surface area contributed by atoms with E-state index >= 15 is 0 Å². The molecule has 0 aromatic heterocycles. The van der Waals surface area contributed by atoms with Crippen molar-refractivity contribution in [2.75, 3.05) is 34.0 Å². The standard InChI is InChI=1S/C16H20N2O6/c1-22-8-7-17-14(19)13-10-24-16(21)18(13)9-11-3-5-12(6-4-11)15(20)23-2/h3-6,13H,7-10H2,1-2H3,(H,17,19)/t13-/m0/s1. The van der Waals surface area contributed by atoms with Gasteiger partial charge in [0, 0.05) is 13.7 Å². The summed E-state index contributed by atoms with van der Waals surface area (Å²) in [5.74, 6) is -0.721. The second-order valence-electron chi connectivity index (χ2n) is 5.19. The van der Waals surface area contributed by atoms with Crippen molar-refractivity contribution in [1.82, 2.24) is 10.2 Å². The molecule has 2 rings (SSSR count). The Morgan fingerprint density at radius 2 is 2.00 bits per heavy atom. The minimum Gasteiger partial charge on any atom is -0.465 e. The van der Waals surface area contributed by atoms with Crippen LogP contribution in [0.3, 0.4) is 0 Å². The third kappa shape index (κ3) is 4.23. The molecule has 1 aliphatic rings. The Hall–Kier alpha value is -2.61. The van der Waals surface area contributed by atoms with Crippen molar-refractivity contribution in [2.45, 2.75) is 12.6 Å². The fourth-order valence-electron chi connectivity index (χ4n) is 2.30. The summed E-state index contributed by atoms with van der Waals surface area (Å²) < 4.78 is 14.5. The highest BCUT2D eigenvalue weighted by molar-refractivity contribution is 5.89. The number of carbonyl (C=O) groups excluding carboxylic acids is 3. The Balaban J connectivity index is 2.01. The van der Waals surface area contributed by atoms with Gasteiger partial charge in [0.05, 0.1) is 25.8 Å². The van der Waals surface area contributed by atoms with Gasteiger partial charge in [-0.2, -0.15) is 0 Å². The molecule has 2 amide bonds. The number of methoxy groups -OCH3 is 2. The van der Waals surface area contributed by atoms with Crippen molar-refractivity contribution in [3.63, 3.8) is 0 Å². The Kier molecular flexibility index (Phi) is 6.14. The molecule has 8 nitrogen and oxygen atoms in total. The first-order chi connectivity index (χ1) is 11.6. The van der Waals surface area contributed by atoms with Gasteiger partial charge in [0.1, 0.15) is 12.6 Å². The summed E-state index contributed by atoms with van der Waals surface area (Å²) in [4.78, 5) is 36.8. The number of amides is 2. The van der Waals surface area contributed by atoms with E-state index in [0.29, 0.717) is 18.7 Å². The smallest absolute Gasteiger partial charge is 0.410 e. The average molecular weight is 336 g/mol. The molecule has 1 fully saturated rings. The molecule has 1 aromatic carbocycles. The minimum absolute atomic E-state index is 0.0118. The third-order valence-corrected chi connectivity index (χ3v) is 3.61. The number of carbonyl (C=O) groups is 3. The Morgan fingerprint density at radius 3 is 2.62 bits per heavy atom. The molecule has 0 saturated carbocycles. The van der Waals surface area contributed by atoms with Crippen LogP contribution in [0, 0.1) is 0 Å². The van der Waals surface area contributed by atoms with Gasteiger partial charge in [0.15, 0.2) is 0 Å². The summed E-state index contributed by atoms with van der Waals surface area (Å²) in [6.45, 7) is 0.977. The van der Waals surface area contributed by atoms with Crippen LogP contribution in [0.5, 0.6) is 0 Å². The maximum Gasteiger partial charge on any atom is 0.410 e. The van der Waals surface area contributed by atoms with Crippen molar-refractivity contribution in [3.05, 3.63) is 35.4 Å². The number of cyclic esters (lactones) is 1. The molecule has 0 aliphatic carbocycles. The third-order valence-electron chi connectivity index (χ3n) is 3.61. The van der Waals surface area contributed by atoms with Gasteiger partial charge in [-0.15, -0.1) is 0 Å². The predicted octanol–water partition coefficient (Wildman–Crippen LogP) is 0.557. The molecule has 0 radical (unpaired) electrons. The lowest BCUT2D eigenvalue weighted by molar-refractivity contribution is -0.125. The zero-order valence-corrected chi connectivity index (χ0v) is 13.6. The summed E-state index contributed by atoms with van der Waals surface area (Å²) in [5, 5.41) is 2.69. The minimum atomic E-state index is -0.686. The number of esters is 1. The maximum absolute atomic E-state index is 12.1. The molecular weight excluding hydrogens is 316 g/mol. The van der Waals surface area contributed by atoms with Crippen molar-refractivity contribution < 1.29 is 28.6 Å². The van der Waals surface area contributed by atoms with Crippen molar-refractivity contribution in [2.24, 2.45) is 0 Å². The van der Waals surface area contributed by atoms with Crippen LogP contribution in [-0.4, -0.2) is 62.9 Å². The zero-order valence-electron chi connectivity index (χ0n) is 13.6. The average Bonchev–Trinajstić information content (AvgIpc) is 2.96. The van der Waals surface area contributed by atoms with Gasteiger partial charge in [-0.25, -0.2) is 9.59 Å². The van der Waals surface area contributed by atoms with E-state index in [-0.39, 0.29) is 19.1 Å². The van der Waals surface area contributed by atoms with E-state index in [9.17, 15) is 14.4 Å². The quantitative estimate of drug-likeness (QED) is 0.577. The summed E-state index contributed by atoms with van der Waals surface area (Å²) in [5.41, 5.74) is 1.19. The van der Waals surface area contributed by atoms with Crippen molar-refractivity contribution in [3.8, 4) is 0 Å². The Morgan fingerprint density at radius 1 is 1.29 bits per heavy atom. The Labute approximate surface area is 139 Å². The van der Waals surface area contributed by atoms with Crippen LogP contribution in [0.15, 0.2) is 24.3 Å². The van der Waals surface area contributed by atoms with Crippen LogP contribution in [0.2, 0.25) is 0 Å². The number of nitrogens with zero attached hydrogens (tertiary/aromatic N) is 1. The first kappa shape index (κ1) is 17.7. The zero-order chi connectivity index (χ0) is 17.5. The fourth-order valence-corrected chi connectivity index (χ4v) is 2.30. The van der Waals surface area contributed by atoms with Crippen LogP contribution in [-0.2, 0) is 25.5 Å². The lowest BCUT2D eigenvalue weighted by atomic mass is 10.1. The molecule has 1 aromatic rings. The topological polar surface area (TPSA) is 94.2 Å². The molecule has 130 valence electrons. The molecule has 0 spiro atoms. The fraction of sp³-hybridized carbons (Fsp3) is 0.438. The van der Waals surface area contributed by atoms with E-state index < -0.39 is 18.1 Å². The second-order valence-corrected chi connectivity index (χ2v) is 5.19. The predicted molar refractivity (Wildman–Crippen MR) is 83.3 cm³/mol. The van der Waals surface area contributed by atoms with E-state index in [1.165, 1.54) is 12.0 Å². The van der Waals surface area contributed by atoms with E-state index in [4.69, 9.17) is 9.47 Å². The van der Waals surface area contributed by atoms with E-state index in [0.717, 1.165) is 5.56 Å². The van der Waals surface area contributed by atoms with Gasteiger partial charge < -0.3 is 19.5 Å². The normalized spacial score (nSPS) is 16.7. The van der Waals surface area contributed by atoms with Gasteiger partial charge in [-0.3, -0.25) is 9.69 Å². The number of rotatable bonds is 7. The van der Waals surface area contributed by atoms with E-state index in [2.05, 4.69) is 10.1 Å². The van der Waals surface area contributed by atoms with Crippen molar-refractivity contribution >= 4 is 18.0 Å². The van der Waals surface area contributed by atoms with Crippen LogP contribution in [0.4, 0.5) is 4.79 Å². The number of ether oxygens (including phenoxy) is 3. The highest BCUT2D eigenvalue weighted by atomic mass is 16.6. The van der Waals surface area contributed by atoms with Crippen molar-refractivity contribution in [1.29, 1.82) is 0 Å². The van der Waals surface area contributed by atoms with Gasteiger partial charge in [0.25, 0.3) is 0 Å². The Bertz CT molecular complexity index is 601. The number of hydrogen-bond acceptors (Lipinski definition) is 6. The largest absolute Gasteiger partial charge is 0.465 e. The number of benzene rings is 1. The van der Waals surface area contributed by atoms with Gasteiger partial charge in [-0.1, -0.05) is 12.1 Å². The molecule has 0 unspecified atom stereocenters. The lowest BCUT2D eigenvalue weighted by Crippen LogP contribution is -2.46. The monoisotopic (exact) mass is 336 g/mol. The highest BCUT2D eigenvalue weighted by Gasteiger charge is 2.37. The molecule has 0 bridgehead atoms. The summed E-state index contributed by atoms with van der Waals surface area (Å²) >= 11 is 0. The lowest BCUT2D eigenvalue weighted by Gasteiger charge is -2.20. The molecule has 1 aliphatic heterocycles. The number of nitrogens with one attached hydrogen (secondary N) is 1. The van der Waals surface area contributed by atoms with Crippen LogP contribution in [0.1, 0.15) is 15.9 Å². The second kappa shape index (κ2) is 8.30. The molecule has 1 heterocycles. The molecule has 24 heavy (non-hydrogen) atoms. The summed E-state index contributed by atoms with van der Waals surface area (Å²) in [7, 11) is 2.85. The van der Waals surface area contributed by atoms with E-state index in [1.54, 1.807) is 31.4 Å². The summed E-state index contributed by atoms with van der Waals surface area (Å²) in [6.07, 6.45) is -0.543. The molecular formula is C16H20N2O6. The first-order valence-corrected chi connectivity index (χ1v) is 7.44. The van der Waals surface area contributed by atoms with Gasteiger partial charge in [0.2, 0.25) is 5.91 Å². The van der Waals surface area contributed by atoms with Crippen LogP contribution < -0.4 is 5.32 Å².